The van der Waals surface area contributed by atoms with Gasteiger partial charge in [0.15, 0.2) is 0 Å². The van der Waals surface area contributed by atoms with E-state index in [2.05, 4.69) is 75.9 Å². The zero-order chi connectivity index (χ0) is 20.1. The van der Waals surface area contributed by atoms with Gasteiger partial charge < -0.3 is 10.2 Å². The molecule has 0 fully saturated rings. The van der Waals surface area contributed by atoms with Gasteiger partial charge in [0.25, 0.3) is 0 Å². The van der Waals surface area contributed by atoms with Crippen LogP contribution in [0.5, 0.6) is 0 Å². The zero-order valence-corrected chi connectivity index (χ0v) is 17.8. The predicted octanol–water partition coefficient (Wildman–Crippen LogP) is 7.00. The van der Waals surface area contributed by atoms with Crippen molar-refractivity contribution in [3.05, 3.63) is 84.1 Å². The van der Waals surface area contributed by atoms with E-state index in [1.54, 1.807) is 0 Å². The number of unbranched alkanes of at least 4 members (excludes halogenated alkanes) is 2. The summed E-state index contributed by atoms with van der Waals surface area (Å²) in [5, 5.41) is 3.42. The van der Waals surface area contributed by atoms with Gasteiger partial charge >= 0.3 is 0 Å². The van der Waals surface area contributed by atoms with Gasteiger partial charge in [0.05, 0.1) is 0 Å². The Morgan fingerprint density at radius 3 is 2.19 bits per heavy atom. The van der Waals surface area contributed by atoms with E-state index in [9.17, 15) is 0 Å². The van der Waals surface area contributed by atoms with Crippen LogP contribution in [0.3, 0.4) is 0 Å². The molecule has 0 heterocycles. The summed E-state index contributed by atoms with van der Waals surface area (Å²) in [5.41, 5.74) is 5.59. The molecule has 0 aliphatic heterocycles. The van der Waals surface area contributed by atoms with E-state index in [1.165, 1.54) is 29.7 Å². The predicted molar refractivity (Wildman–Crippen MR) is 119 cm³/mol. The van der Waals surface area contributed by atoms with Crippen molar-refractivity contribution in [3.63, 3.8) is 0 Å². The van der Waals surface area contributed by atoms with Gasteiger partial charge in [-0.05, 0) is 58.8 Å². The maximum absolute atomic E-state index is 4.28. The third-order valence-electron chi connectivity index (χ3n) is 4.25. The average Bonchev–Trinajstić information content (AvgIpc) is 2.61. The monoisotopic (exact) mass is 354 g/mol. The molecule has 0 saturated carbocycles. The summed E-state index contributed by atoms with van der Waals surface area (Å²) in [5.74, 6) is 0.872. The molecule has 0 spiro atoms. The summed E-state index contributed by atoms with van der Waals surface area (Å²) in [6.45, 7) is 25.7. The van der Waals surface area contributed by atoms with Crippen LogP contribution in [0, 0.1) is 0 Å². The standard InChI is InChI=1S/C24H38N2/c1-10-13-14-17-26(22(8)21(7)16-15-19(4)5)23(9)25-24(12-3)18-20(6)11-2/h11-12,15-16,18,25H,3-4,9-10,13-14,17H2,1-2,5-8H3/b16-15-,20-11-,22-21+,24-18+. The Bertz CT molecular complexity index is 612. The SMILES string of the molecule is C=C/C(=C\C(C)=C/C)NC(=C)N(CCCCC)/C(C)=C(C)/C=C\C(=C)C. The normalized spacial score (nSPS) is 13.5. The Hall–Kier alpha value is -2.22. The largest absolute Gasteiger partial charge is 0.342 e. The van der Waals surface area contributed by atoms with E-state index in [4.69, 9.17) is 0 Å². The van der Waals surface area contributed by atoms with Crippen molar-refractivity contribution in [3.8, 4) is 0 Å². The van der Waals surface area contributed by atoms with Crippen molar-refractivity contribution in [2.75, 3.05) is 6.54 Å². The first-order valence-electron chi connectivity index (χ1n) is 9.48. The second-order valence-electron chi connectivity index (χ2n) is 6.72. The highest BCUT2D eigenvalue weighted by molar-refractivity contribution is 5.31. The molecule has 0 amide bonds. The Morgan fingerprint density at radius 1 is 1.04 bits per heavy atom. The smallest absolute Gasteiger partial charge is 0.103 e. The lowest BCUT2D eigenvalue weighted by Gasteiger charge is -2.29. The van der Waals surface area contributed by atoms with Gasteiger partial charge in [-0.1, -0.05) is 68.9 Å². The van der Waals surface area contributed by atoms with E-state index in [0.717, 1.165) is 30.1 Å². The molecule has 0 aromatic rings. The average molecular weight is 355 g/mol. The third-order valence-corrected chi connectivity index (χ3v) is 4.25. The topological polar surface area (TPSA) is 15.3 Å². The highest BCUT2D eigenvalue weighted by Crippen LogP contribution is 2.18. The molecule has 0 aromatic heterocycles. The molecule has 2 nitrogen and oxygen atoms in total. The van der Waals surface area contributed by atoms with Gasteiger partial charge in [-0.2, -0.15) is 0 Å². The Balaban J connectivity index is 5.55. The Labute approximate surface area is 162 Å². The lowest BCUT2D eigenvalue weighted by atomic mass is 10.1. The first-order valence-corrected chi connectivity index (χ1v) is 9.48. The molecule has 0 atom stereocenters. The van der Waals surface area contributed by atoms with Gasteiger partial charge in [-0.25, -0.2) is 0 Å². The number of allylic oxidation sites excluding steroid dienone is 9. The minimum absolute atomic E-state index is 0.872. The number of nitrogens with one attached hydrogen (secondary N) is 1. The summed E-state index contributed by atoms with van der Waals surface area (Å²) in [6, 6.07) is 0. The first-order chi connectivity index (χ1) is 12.3. The fourth-order valence-corrected chi connectivity index (χ4v) is 2.33. The van der Waals surface area contributed by atoms with Gasteiger partial charge in [0.2, 0.25) is 0 Å². The second kappa shape index (κ2) is 13.0. The van der Waals surface area contributed by atoms with Gasteiger partial charge in [0, 0.05) is 17.9 Å². The summed E-state index contributed by atoms with van der Waals surface area (Å²) in [4.78, 5) is 2.26. The molecule has 144 valence electrons. The van der Waals surface area contributed by atoms with E-state index in [-0.39, 0.29) is 0 Å². The fraction of sp³-hybridized carbons (Fsp3) is 0.417. The Morgan fingerprint density at radius 2 is 1.69 bits per heavy atom. The lowest BCUT2D eigenvalue weighted by Crippen LogP contribution is -2.30. The number of hydrogen-bond donors (Lipinski definition) is 1. The van der Waals surface area contributed by atoms with Crippen LogP contribution in [0.4, 0.5) is 0 Å². The van der Waals surface area contributed by atoms with Crippen LogP contribution in [-0.2, 0) is 0 Å². The second-order valence-corrected chi connectivity index (χ2v) is 6.72. The van der Waals surface area contributed by atoms with Crippen LogP contribution in [0.15, 0.2) is 84.1 Å². The highest BCUT2D eigenvalue weighted by atomic mass is 15.2. The van der Waals surface area contributed by atoms with E-state index >= 15 is 0 Å². The highest BCUT2D eigenvalue weighted by Gasteiger charge is 2.12. The van der Waals surface area contributed by atoms with Crippen LogP contribution >= 0.6 is 0 Å². The molecule has 0 aromatic carbocycles. The molecule has 0 aliphatic rings. The maximum Gasteiger partial charge on any atom is 0.103 e. The molecule has 2 heteroatoms. The fourth-order valence-electron chi connectivity index (χ4n) is 2.33. The van der Waals surface area contributed by atoms with E-state index < -0.39 is 0 Å². The van der Waals surface area contributed by atoms with Crippen molar-refractivity contribution in [1.29, 1.82) is 0 Å². The summed E-state index contributed by atoms with van der Waals surface area (Å²) in [7, 11) is 0. The third kappa shape index (κ3) is 9.31. The molecular weight excluding hydrogens is 316 g/mol. The van der Waals surface area contributed by atoms with Crippen LogP contribution in [0.2, 0.25) is 0 Å². The molecule has 0 radical (unpaired) electrons. The number of hydrogen-bond acceptors (Lipinski definition) is 2. The number of nitrogens with zero attached hydrogens (tertiary/aromatic N) is 1. The molecule has 0 rings (SSSR count). The summed E-state index contributed by atoms with van der Waals surface area (Å²) >= 11 is 0. The van der Waals surface area contributed by atoms with Crippen molar-refractivity contribution in [1.82, 2.24) is 10.2 Å². The summed E-state index contributed by atoms with van der Waals surface area (Å²) < 4.78 is 0. The van der Waals surface area contributed by atoms with E-state index in [1.807, 2.05) is 26.0 Å². The van der Waals surface area contributed by atoms with Crippen LogP contribution in [0.1, 0.15) is 60.8 Å². The van der Waals surface area contributed by atoms with Crippen molar-refractivity contribution in [2.24, 2.45) is 0 Å². The molecular formula is C24H38N2. The minimum Gasteiger partial charge on any atom is -0.342 e. The van der Waals surface area contributed by atoms with E-state index in [0.29, 0.717) is 0 Å². The molecule has 0 unspecified atom stereocenters. The zero-order valence-electron chi connectivity index (χ0n) is 17.8. The van der Waals surface area contributed by atoms with Crippen LogP contribution in [0.25, 0.3) is 0 Å². The van der Waals surface area contributed by atoms with Gasteiger partial charge in [-0.15, -0.1) is 0 Å². The van der Waals surface area contributed by atoms with Crippen molar-refractivity contribution in [2.45, 2.75) is 60.8 Å². The molecule has 26 heavy (non-hydrogen) atoms. The van der Waals surface area contributed by atoms with Crippen molar-refractivity contribution >= 4 is 0 Å². The molecule has 1 N–H and O–H groups in total. The quantitative estimate of drug-likeness (QED) is 0.300. The van der Waals surface area contributed by atoms with Crippen molar-refractivity contribution < 1.29 is 0 Å². The molecule has 0 saturated heterocycles. The maximum atomic E-state index is 4.28. The summed E-state index contributed by atoms with van der Waals surface area (Å²) in [6.07, 6.45) is 13.7. The molecule has 0 bridgehead atoms. The van der Waals surface area contributed by atoms with Gasteiger partial charge in [-0.3, -0.25) is 0 Å². The first kappa shape index (κ1) is 23.8. The lowest BCUT2D eigenvalue weighted by molar-refractivity contribution is 0.389. The number of rotatable bonds is 12. The Kier molecular flexibility index (Phi) is 11.9. The van der Waals surface area contributed by atoms with Gasteiger partial charge in [0.1, 0.15) is 5.82 Å². The molecule has 0 aliphatic carbocycles. The minimum atomic E-state index is 0.872. The van der Waals surface area contributed by atoms with Crippen LogP contribution < -0.4 is 5.32 Å². The van der Waals surface area contributed by atoms with Crippen LogP contribution in [-0.4, -0.2) is 11.4 Å².